The van der Waals surface area contributed by atoms with Crippen molar-refractivity contribution < 1.29 is 14.4 Å². The summed E-state index contributed by atoms with van der Waals surface area (Å²) >= 11 is 0. The highest BCUT2D eigenvalue weighted by Gasteiger charge is 2.55. The van der Waals surface area contributed by atoms with Crippen LogP contribution in [-0.4, -0.2) is 17.3 Å². The van der Waals surface area contributed by atoms with Crippen LogP contribution in [0.2, 0.25) is 0 Å². The van der Waals surface area contributed by atoms with E-state index in [2.05, 4.69) is 13.8 Å². The molecule has 0 spiro atoms. The Morgan fingerprint density at radius 2 is 1.62 bits per heavy atom. The zero-order valence-electron chi connectivity index (χ0n) is 13.4. The molecule has 116 valence electrons. The van der Waals surface area contributed by atoms with Crippen molar-refractivity contribution in [2.75, 3.05) is 0 Å². The first-order chi connectivity index (χ1) is 9.76. The maximum atomic E-state index is 12.9. The summed E-state index contributed by atoms with van der Waals surface area (Å²) in [5.74, 6) is 0.812. The topological polar surface area (TPSA) is 51.2 Å². The molecule has 3 heteroatoms. The van der Waals surface area contributed by atoms with Crippen molar-refractivity contribution in [1.82, 2.24) is 0 Å². The van der Waals surface area contributed by atoms with Gasteiger partial charge in [0, 0.05) is 36.5 Å². The summed E-state index contributed by atoms with van der Waals surface area (Å²) in [6.45, 7) is 6.24. The fraction of sp³-hybridized carbons (Fsp3) is 0.833. The number of fused-ring (bicyclic) bond motifs is 3. The van der Waals surface area contributed by atoms with Gasteiger partial charge in [-0.3, -0.25) is 14.4 Å². The Balaban J connectivity index is 2.04. The van der Waals surface area contributed by atoms with Crippen molar-refractivity contribution in [3.05, 3.63) is 0 Å². The highest BCUT2D eigenvalue weighted by atomic mass is 16.1. The molecule has 0 heterocycles. The van der Waals surface area contributed by atoms with E-state index >= 15 is 0 Å². The van der Waals surface area contributed by atoms with E-state index in [0.717, 1.165) is 19.3 Å². The van der Waals surface area contributed by atoms with Gasteiger partial charge in [0.1, 0.15) is 17.3 Å². The number of carbonyl (C=O) groups excluding carboxylic acids is 3. The van der Waals surface area contributed by atoms with E-state index in [1.807, 2.05) is 6.92 Å². The van der Waals surface area contributed by atoms with Gasteiger partial charge >= 0.3 is 0 Å². The number of ketones is 3. The highest BCUT2D eigenvalue weighted by molar-refractivity contribution is 5.95. The number of hydrogen-bond donors (Lipinski definition) is 0. The quantitative estimate of drug-likeness (QED) is 0.687. The van der Waals surface area contributed by atoms with Gasteiger partial charge in [-0.2, -0.15) is 0 Å². The lowest BCUT2D eigenvalue weighted by Gasteiger charge is -2.51. The molecule has 0 radical (unpaired) electrons. The van der Waals surface area contributed by atoms with Crippen LogP contribution in [0.15, 0.2) is 0 Å². The minimum Gasteiger partial charge on any atom is -0.299 e. The monoisotopic (exact) mass is 290 g/mol. The van der Waals surface area contributed by atoms with Crippen molar-refractivity contribution in [1.29, 1.82) is 0 Å². The van der Waals surface area contributed by atoms with Gasteiger partial charge < -0.3 is 0 Å². The first kappa shape index (κ1) is 14.9. The molecule has 3 aliphatic carbocycles. The van der Waals surface area contributed by atoms with Crippen LogP contribution in [0.25, 0.3) is 0 Å². The summed E-state index contributed by atoms with van der Waals surface area (Å²) in [5, 5.41) is 0. The van der Waals surface area contributed by atoms with Crippen LogP contribution in [0.5, 0.6) is 0 Å². The smallest absolute Gasteiger partial charge is 0.139 e. The van der Waals surface area contributed by atoms with Crippen molar-refractivity contribution in [2.24, 2.45) is 28.6 Å². The lowest BCUT2D eigenvalue weighted by molar-refractivity contribution is -0.154. The molecule has 0 aromatic carbocycles. The normalized spacial score (nSPS) is 43.0. The second-order valence-corrected chi connectivity index (χ2v) is 8.23. The molecule has 21 heavy (non-hydrogen) atoms. The van der Waals surface area contributed by atoms with Crippen LogP contribution in [0.4, 0.5) is 0 Å². The molecular weight excluding hydrogens is 264 g/mol. The zero-order chi connectivity index (χ0) is 15.4. The van der Waals surface area contributed by atoms with Crippen LogP contribution in [0.3, 0.4) is 0 Å². The Morgan fingerprint density at radius 1 is 0.952 bits per heavy atom. The molecule has 3 rings (SSSR count). The van der Waals surface area contributed by atoms with Gasteiger partial charge in [-0.1, -0.05) is 20.8 Å². The summed E-state index contributed by atoms with van der Waals surface area (Å²) in [4.78, 5) is 37.8. The van der Waals surface area contributed by atoms with Crippen LogP contribution in [0.1, 0.15) is 65.7 Å². The van der Waals surface area contributed by atoms with E-state index in [0.29, 0.717) is 37.4 Å². The van der Waals surface area contributed by atoms with Crippen LogP contribution in [-0.2, 0) is 14.4 Å². The van der Waals surface area contributed by atoms with Gasteiger partial charge in [0.15, 0.2) is 0 Å². The van der Waals surface area contributed by atoms with Crippen molar-refractivity contribution in [2.45, 2.75) is 65.7 Å². The number of carbonyl (C=O) groups is 3. The third-order valence-electron chi connectivity index (χ3n) is 6.90. The lowest BCUT2D eigenvalue weighted by atomic mass is 9.51. The van der Waals surface area contributed by atoms with E-state index in [4.69, 9.17) is 0 Å². The summed E-state index contributed by atoms with van der Waals surface area (Å²) in [6.07, 6.45) is 4.80. The Kier molecular flexibility index (Phi) is 3.38. The van der Waals surface area contributed by atoms with Gasteiger partial charge in [0.25, 0.3) is 0 Å². The molecular formula is C18H26O3. The highest BCUT2D eigenvalue weighted by Crippen LogP contribution is 2.55. The maximum Gasteiger partial charge on any atom is 0.139 e. The first-order valence-electron chi connectivity index (χ1n) is 8.35. The van der Waals surface area contributed by atoms with E-state index in [1.54, 1.807) is 0 Å². The maximum absolute atomic E-state index is 12.9. The third kappa shape index (κ3) is 2.11. The third-order valence-corrected chi connectivity index (χ3v) is 6.90. The average Bonchev–Trinajstić information content (AvgIpc) is 2.39. The van der Waals surface area contributed by atoms with Crippen molar-refractivity contribution in [3.63, 3.8) is 0 Å². The van der Waals surface area contributed by atoms with Gasteiger partial charge in [0.2, 0.25) is 0 Å². The van der Waals surface area contributed by atoms with Crippen molar-refractivity contribution in [3.8, 4) is 0 Å². The average molecular weight is 290 g/mol. The summed E-state index contributed by atoms with van der Waals surface area (Å²) in [5.41, 5.74) is -0.663. The first-order valence-corrected chi connectivity index (χ1v) is 8.35. The van der Waals surface area contributed by atoms with E-state index < -0.39 is 5.41 Å². The molecule has 3 fully saturated rings. The predicted octanol–water partition coefficient (Wildman–Crippen LogP) is 3.35. The molecule has 0 N–H and O–H groups in total. The van der Waals surface area contributed by atoms with Gasteiger partial charge in [-0.05, 0) is 37.0 Å². The second kappa shape index (κ2) is 4.76. The minimum atomic E-state index is -0.514. The summed E-state index contributed by atoms with van der Waals surface area (Å²) in [7, 11) is 0. The molecule has 0 saturated heterocycles. The Morgan fingerprint density at radius 3 is 2.33 bits per heavy atom. The Hall–Kier alpha value is -0.990. The number of Topliss-reactive ketones (excluding diaryl/α,β-unsaturated/α-hetero) is 3. The van der Waals surface area contributed by atoms with Gasteiger partial charge in [0.05, 0.1) is 0 Å². The minimum absolute atomic E-state index is 0.0456. The molecule has 0 aliphatic heterocycles. The van der Waals surface area contributed by atoms with Crippen LogP contribution < -0.4 is 0 Å². The predicted molar refractivity (Wildman–Crippen MR) is 79.7 cm³/mol. The standard InChI is InChI=1S/C18H26O3/c1-17(2)11-6-7-15(20)12(17)10-13-14(19)5-4-8-18(13,3)16(21)9-11/h11-13H,4-10H2,1-3H3/t11-,12-,13-,18-/m1/s1. The molecule has 0 unspecified atom stereocenters. The van der Waals surface area contributed by atoms with E-state index in [-0.39, 0.29) is 28.8 Å². The zero-order valence-corrected chi connectivity index (χ0v) is 13.4. The summed E-state index contributed by atoms with van der Waals surface area (Å²) < 4.78 is 0. The van der Waals surface area contributed by atoms with Crippen molar-refractivity contribution >= 4 is 17.3 Å². The summed E-state index contributed by atoms with van der Waals surface area (Å²) in [6, 6.07) is 0. The molecule has 0 aromatic heterocycles. The lowest BCUT2D eigenvalue weighted by Crippen LogP contribution is -2.53. The number of rotatable bonds is 0. The molecule has 0 aromatic rings. The van der Waals surface area contributed by atoms with Crippen LogP contribution in [0, 0.1) is 28.6 Å². The Bertz CT molecular complexity index is 505. The molecule has 3 aliphatic rings. The fourth-order valence-corrected chi connectivity index (χ4v) is 5.11. The molecule has 3 saturated carbocycles. The van der Waals surface area contributed by atoms with E-state index in [9.17, 15) is 14.4 Å². The molecule has 2 bridgehead atoms. The molecule has 3 nitrogen and oxygen atoms in total. The molecule has 0 amide bonds. The van der Waals surface area contributed by atoms with Gasteiger partial charge in [-0.25, -0.2) is 0 Å². The van der Waals surface area contributed by atoms with Crippen LogP contribution >= 0.6 is 0 Å². The van der Waals surface area contributed by atoms with Gasteiger partial charge in [-0.15, -0.1) is 0 Å². The SMILES string of the molecule is CC1(C)[C@@H]2CCC(=O)[C@H]1C[C@@H]1C(=O)CCC[C@@]1(C)C(=O)C2. The number of hydrogen-bond acceptors (Lipinski definition) is 3. The fourth-order valence-electron chi connectivity index (χ4n) is 5.11. The second-order valence-electron chi connectivity index (χ2n) is 8.23. The largest absolute Gasteiger partial charge is 0.299 e. The Labute approximate surface area is 126 Å². The molecule has 4 atom stereocenters. The van der Waals surface area contributed by atoms with E-state index in [1.165, 1.54) is 0 Å².